The third kappa shape index (κ3) is 3.36. The molecule has 0 bridgehead atoms. The van der Waals surface area contributed by atoms with Crippen molar-refractivity contribution in [3.8, 4) is 0 Å². The number of hydrogen-bond acceptors (Lipinski definition) is 3. The molecular weight excluding hydrogens is 252 g/mol. The van der Waals surface area contributed by atoms with Gasteiger partial charge in [-0.15, -0.1) is 0 Å². The first kappa shape index (κ1) is 14.1. The molecule has 2 aromatic carbocycles. The average Bonchev–Trinajstić information content (AvgIpc) is 2.53. The minimum atomic E-state index is -0.0878. The van der Waals surface area contributed by atoms with Crippen molar-refractivity contribution >= 4 is 11.6 Å². The molecule has 3 N–H and O–H groups in total. The van der Waals surface area contributed by atoms with Crippen LogP contribution < -0.4 is 10.6 Å². The number of benzene rings is 2. The zero-order valence-corrected chi connectivity index (χ0v) is 11.4. The summed E-state index contributed by atoms with van der Waals surface area (Å²) in [7, 11) is 1.61. The number of para-hydroxylation sites is 1. The molecule has 0 radical (unpaired) electrons. The Morgan fingerprint density at radius 3 is 2.45 bits per heavy atom. The summed E-state index contributed by atoms with van der Waals surface area (Å²) < 4.78 is 0. The largest absolute Gasteiger partial charge is 0.392 e. The topological polar surface area (TPSA) is 61.4 Å². The molecule has 104 valence electrons. The number of amides is 1. The molecule has 0 aliphatic rings. The van der Waals surface area contributed by atoms with E-state index in [0.717, 1.165) is 16.8 Å². The van der Waals surface area contributed by atoms with Crippen LogP contribution >= 0.6 is 0 Å². The van der Waals surface area contributed by atoms with Crippen molar-refractivity contribution < 1.29 is 9.90 Å². The number of aliphatic hydroxyl groups excluding tert-OH is 1. The van der Waals surface area contributed by atoms with Crippen LogP contribution in [0, 0.1) is 0 Å². The van der Waals surface area contributed by atoms with Crippen LogP contribution in [0.3, 0.4) is 0 Å². The predicted molar refractivity (Wildman–Crippen MR) is 79.5 cm³/mol. The van der Waals surface area contributed by atoms with Gasteiger partial charge in [-0.3, -0.25) is 4.79 Å². The van der Waals surface area contributed by atoms with Gasteiger partial charge < -0.3 is 15.7 Å². The Kier molecular flexibility index (Phi) is 4.74. The third-order valence-corrected chi connectivity index (χ3v) is 3.11. The maximum Gasteiger partial charge on any atom is 0.251 e. The van der Waals surface area contributed by atoms with Gasteiger partial charge in [-0.25, -0.2) is 0 Å². The molecule has 2 aromatic rings. The summed E-state index contributed by atoms with van der Waals surface area (Å²) in [5, 5.41) is 15.1. The van der Waals surface area contributed by atoms with Gasteiger partial charge in [0.25, 0.3) is 5.91 Å². The quantitative estimate of drug-likeness (QED) is 0.780. The van der Waals surface area contributed by atoms with Crippen molar-refractivity contribution in [3.05, 3.63) is 65.2 Å². The van der Waals surface area contributed by atoms with Gasteiger partial charge in [0.05, 0.1) is 6.61 Å². The minimum Gasteiger partial charge on any atom is -0.392 e. The van der Waals surface area contributed by atoms with E-state index in [9.17, 15) is 9.90 Å². The highest BCUT2D eigenvalue weighted by atomic mass is 16.3. The molecule has 4 nitrogen and oxygen atoms in total. The number of aliphatic hydroxyl groups is 1. The van der Waals surface area contributed by atoms with E-state index in [0.29, 0.717) is 12.1 Å². The first-order chi connectivity index (χ1) is 9.74. The Hall–Kier alpha value is -2.33. The molecule has 0 saturated heterocycles. The predicted octanol–water partition coefficient (Wildman–Crippen LogP) is 2.15. The second-order valence-corrected chi connectivity index (χ2v) is 4.44. The average molecular weight is 270 g/mol. The number of hydrogen-bond donors (Lipinski definition) is 3. The molecule has 0 spiro atoms. The summed E-state index contributed by atoms with van der Waals surface area (Å²) in [5.74, 6) is -0.0878. The number of anilines is 1. The summed E-state index contributed by atoms with van der Waals surface area (Å²) in [4.78, 5) is 11.4. The van der Waals surface area contributed by atoms with Gasteiger partial charge in [-0.05, 0) is 23.8 Å². The van der Waals surface area contributed by atoms with Crippen LogP contribution in [0.25, 0.3) is 0 Å². The highest BCUT2D eigenvalue weighted by Crippen LogP contribution is 2.16. The standard InChI is InChI=1S/C16H18N2O2/c1-17-16(20)13-8-6-12(7-9-13)10-18-15-5-3-2-4-14(15)11-19/h2-9,18-19H,10-11H2,1H3,(H,17,20). The fourth-order valence-electron chi connectivity index (χ4n) is 1.95. The Bertz CT molecular complexity index is 579. The maximum absolute atomic E-state index is 11.4. The van der Waals surface area contributed by atoms with Crippen LogP contribution in [0.5, 0.6) is 0 Å². The summed E-state index contributed by atoms with van der Waals surface area (Å²) in [6, 6.07) is 15.1. The van der Waals surface area contributed by atoms with Crippen molar-refractivity contribution in [2.75, 3.05) is 12.4 Å². The number of nitrogens with one attached hydrogen (secondary N) is 2. The van der Waals surface area contributed by atoms with E-state index in [1.165, 1.54) is 0 Å². The van der Waals surface area contributed by atoms with Gasteiger partial charge in [0.1, 0.15) is 0 Å². The molecule has 1 amide bonds. The molecule has 0 aromatic heterocycles. The van der Waals surface area contributed by atoms with Gasteiger partial charge in [0, 0.05) is 30.4 Å². The highest BCUT2D eigenvalue weighted by Gasteiger charge is 2.03. The van der Waals surface area contributed by atoms with E-state index < -0.39 is 0 Å². The zero-order chi connectivity index (χ0) is 14.4. The lowest BCUT2D eigenvalue weighted by atomic mass is 10.1. The molecule has 0 heterocycles. The number of carbonyl (C=O) groups excluding carboxylic acids is 1. The molecule has 4 heteroatoms. The molecule has 0 aliphatic heterocycles. The maximum atomic E-state index is 11.4. The van der Waals surface area contributed by atoms with Crippen LogP contribution in [0.2, 0.25) is 0 Å². The minimum absolute atomic E-state index is 0.0127. The van der Waals surface area contributed by atoms with E-state index in [1.54, 1.807) is 19.2 Å². The van der Waals surface area contributed by atoms with E-state index in [4.69, 9.17) is 0 Å². The molecule has 0 aliphatic carbocycles. The first-order valence-corrected chi connectivity index (χ1v) is 6.48. The Morgan fingerprint density at radius 1 is 1.10 bits per heavy atom. The lowest BCUT2D eigenvalue weighted by Crippen LogP contribution is -2.17. The lowest BCUT2D eigenvalue weighted by molar-refractivity contribution is 0.0963. The molecule has 0 unspecified atom stereocenters. The summed E-state index contributed by atoms with van der Waals surface area (Å²) in [5.41, 5.74) is 3.51. The molecular formula is C16H18N2O2. The lowest BCUT2D eigenvalue weighted by Gasteiger charge is -2.10. The molecule has 0 atom stereocenters. The molecule has 0 saturated carbocycles. The Balaban J connectivity index is 2.02. The first-order valence-electron chi connectivity index (χ1n) is 6.48. The number of rotatable bonds is 5. The van der Waals surface area contributed by atoms with Crippen LogP contribution in [-0.2, 0) is 13.2 Å². The van der Waals surface area contributed by atoms with E-state index in [2.05, 4.69) is 10.6 Å². The Morgan fingerprint density at radius 2 is 1.80 bits per heavy atom. The smallest absolute Gasteiger partial charge is 0.251 e. The van der Waals surface area contributed by atoms with Crippen molar-refractivity contribution in [1.82, 2.24) is 5.32 Å². The molecule has 20 heavy (non-hydrogen) atoms. The van der Waals surface area contributed by atoms with Crippen molar-refractivity contribution in [2.45, 2.75) is 13.2 Å². The highest BCUT2D eigenvalue weighted by molar-refractivity contribution is 5.93. The van der Waals surface area contributed by atoms with Gasteiger partial charge in [0.15, 0.2) is 0 Å². The van der Waals surface area contributed by atoms with Gasteiger partial charge in [-0.2, -0.15) is 0 Å². The molecule has 2 rings (SSSR count). The summed E-state index contributed by atoms with van der Waals surface area (Å²) in [6.45, 7) is 0.657. The van der Waals surface area contributed by atoms with E-state index in [-0.39, 0.29) is 12.5 Å². The second kappa shape index (κ2) is 6.73. The van der Waals surface area contributed by atoms with Gasteiger partial charge in [0.2, 0.25) is 0 Å². The van der Waals surface area contributed by atoms with Gasteiger partial charge >= 0.3 is 0 Å². The van der Waals surface area contributed by atoms with Crippen LogP contribution in [0.4, 0.5) is 5.69 Å². The van der Waals surface area contributed by atoms with Crippen LogP contribution in [0.15, 0.2) is 48.5 Å². The van der Waals surface area contributed by atoms with E-state index in [1.807, 2.05) is 36.4 Å². The fourth-order valence-corrected chi connectivity index (χ4v) is 1.95. The second-order valence-electron chi connectivity index (χ2n) is 4.44. The van der Waals surface area contributed by atoms with Crippen LogP contribution in [-0.4, -0.2) is 18.1 Å². The molecule has 0 fully saturated rings. The van der Waals surface area contributed by atoms with E-state index >= 15 is 0 Å². The van der Waals surface area contributed by atoms with Crippen molar-refractivity contribution in [2.24, 2.45) is 0 Å². The summed E-state index contributed by atoms with van der Waals surface area (Å²) >= 11 is 0. The number of carbonyl (C=O) groups is 1. The third-order valence-electron chi connectivity index (χ3n) is 3.11. The van der Waals surface area contributed by atoms with Crippen molar-refractivity contribution in [3.63, 3.8) is 0 Å². The normalized spacial score (nSPS) is 10.1. The fraction of sp³-hybridized carbons (Fsp3) is 0.188. The Labute approximate surface area is 118 Å². The van der Waals surface area contributed by atoms with Crippen molar-refractivity contribution in [1.29, 1.82) is 0 Å². The monoisotopic (exact) mass is 270 g/mol. The van der Waals surface area contributed by atoms with Gasteiger partial charge in [-0.1, -0.05) is 30.3 Å². The van der Waals surface area contributed by atoms with Crippen LogP contribution in [0.1, 0.15) is 21.5 Å². The summed E-state index contributed by atoms with van der Waals surface area (Å²) in [6.07, 6.45) is 0. The SMILES string of the molecule is CNC(=O)c1ccc(CNc2ccccc2CO)cc1. The zero-order valence-electron chi connectivity index (χ0n) is 11.4.